The maximum Gasteiger partial charge on any atom is 0.0564 e. The molecule has 1 unspecified atom stereocenters. The molecule has 1 saturated heterocycles. The van der Waals surface area contributed by atoms with Gasteiger partial charge in [0.25, 0.3) is 0 Å². The Morgan fingerprint density at radius 3 is 2.75 bits per heavy atom. The summed E-state index contributed by atoms with van der Waals surface area (Å²) in [5.74, 6) is 0.874. The molecule has 2 aliphatic rings. The molecule has 0 radical (unpaired) electrons. The zero-order valence-corrected chi connectivity index (χ0v) is 12.9. The van der Waals surface area contributed by atoms with Gasteiger partial charge in [-0.25, -0.2) is 0 Å². The van der Waals surface area contributed by atoms with Crippen LogP contribution in [-0.2, 0) is 0 Å². The highest BCUT2D eigenvalue weighted by molar-refractivity contribution is 7.10. The highest BCUT2D eigenvalue weighted by atomic mass is 32.1. The first-order chi connectivity index (χ1) is 9.83. The summed E-state index contributed by atoms with van der Waals surface area (Å²) in [7, 11) is 0. The second kappa shape index (κ2) is 7.03. The van der Waals surface area contributed by atoms with Gasteiger partial charge in [0.05, 0.1) is 6.10 Å². The fourth-order valence-electron chi connectivity index (χ4n) is 3.10. The van der Waals surface area contributed by atoms with E-state index in [1.165, 1.54) is 30.7 Å². The Hall–Kier alpha value is -0.420. The van der Waals surface area contributed by atoms with Gasteiger partial charge in [-0.2, -0.15) is 0 Å². The van der Waals surface area contributed by atoms with Gasteiger partial charge >= 0.3 is 0 Å². The third kappa shape index (κ3) is 4.04. The molecule has 2 N–H and O–H groups in total. The van der Waals surface area contributed by atoms with Crippen LogP contribution >= 0.6 is 11.3 Å². The molecule has 1 aromatic heterocycles. The average molecular weight is 294 g/mol. The topological polar surface area (TPSA) is 35.5 Å². The Balaban J connectivity index is 1.36. The predicted octanol–water partition coefficient (Wildman–Crippen LogP) is 2.64. The smallest absolute Gasteiger partial charge is 0.0564 e. The van der Waals surface area contributed by atoms with Crippen molar-refractivity contribution >= 4 is 11.3 Å². The van der Waals surface area contributed by atoms with E-state index in [1.54, 1.807) is 0 Å². The molecule has 0 amide bonds. The molecule has 1 aliphatic carbocycles. The quantitative estimate of drug-likeness (QED) is 0.759. The molecule has 0 bridgehead atoms. The van der Waals surface area contributed by atoms with Gasteiger partial charge in [0.1, 0.15) is 0 Å². The lowest BCUT2D eigenvalue weighted by Gasteiger charge is -2.29. The monoisotopic (exact) mass is 294 g/mol. The first-order valence-corrected chi connectivity index (χ1v) is 8.88. The number of nitrogens with zero attached hydrogens (tertiary/aromatic N) is 1. The molecular formula is C16H26N2OS. The minimum absolute atomic E-state index is 0.0533. The van der Waals surface area contributed by atoms with E-state index in [9.17, 15) is 5.11 Å². The SMILES string of the molecule is OC1CCN(CCCNC(c2cccs2)C2CC2)CC1. The molecule has 2 fully saturated rings. The molecule has 3 nitrogen and oxygen atoms in total. The maximum absolute atomic E-state index is 9.51. The van der Waals surface area contributed by atoms with Gasteiger partial charge in [-0.3, -0.25) is 0 Å². The predicted molar refractivity (Wildman–Crippen MR) is 84.1 cm³/mol. The molecular weight excluding hydrogens is 268 g/mol. The number of piperidine rings is 1. The average Bonchev–Trinajstić information content (AvgIpc) is 3.15. The molecule has 4 heteroatoms. The van der Waals surface area contributed by atoms with Crippen molar-refractivity contribution in [3.63, 3.8) is 0 Å². The van der Waals surface area contributed by atoms with Gasteiger partial charge in [-0.05, 0) is 62.6 Å². The normalized spacial score (nSPS) is 23.1. The molecule has 1 saturated carbocycles. The van der Waals surface area contributed by atoms with Crippen molar-refractivity contribution in [2.75, 3.05) is 26.2 Å². The summed E-state index contributed by atoms with van der Waals surface area (Å²) in [5, 5.41) is 15.5. The largest absolute Gasteiger partial charge is 0.393 e. The number of likely N-dealkylation sites (tertiary alicyclic amines) is 1. The van der Waals surface area contributed by atoms with E-state index < -0.39 is 0 Å². The number of hydrogen-bond acceptors (Lipinski definition) is 4. The van der Waals surface area contributed by atoms with Crippen LogP contribution < -0.4 is 5.32 Å². The van der Waals surface area contributed by atoms with Crippen LogP contribution in [0.25, 0.3) is 0 Å². The van der Waals surface area contributed by atoms with Crippen molar-refractivity contribution in [2.24, 2.45) is 5.92 Å². The summed E-state index contributed by atoms with van der Waals surface area (Å²) in [6.07, 6.45) is 5.84. The molecule has 1 aliphatic heterocycles. The van der Waals surface area contributed by atoms with Crippen LogP contribution in [0.2, 0.25) is 0 Å². The molecule has 1 atom stereocenters. The van der Waals surface area contributed by atoms with Crippen LogP contribution in [0.1, 0.15) is 43.0 Å². The molecule has 0 aromatic carbocycles. The fraction of sp³-hybridized carbons (Fsp3) is 0.750. The van der Waals surface area contributed by atoms with E-state index >= 15 is 0 Å². The molecule has 20 heavy (non-hydrogen) atoms. The lowest BCUT2D eigenvalue weighted by molar-refractivity contribution is 0.0820. The zero-order valence-electron chi connectivity index (χ0n) is 12.1. The Labute approximate surface area is 126 Å². The van der Waals surface area contributed by atoms with Crippen molar-refractivity contribution in [3.8, 4) is 0 Å². The standard InChI is InChI=1S/C16H26N2OS/c19-14-6-10-18(11-7-14)9-2-8-17-16(13-4-5-13)15-3-1-12-20-15/h1,3,12-14,16-17,19H,2,4-11H2. The van der Waals surface area contributed by atoms with Crippen molar-refractivity contribution in [3.05, 3.63) is 22.4 Å². The van der Waals surface area contributed by atoms with Crippen LogP contribution in [0, 0.1) is 5.92 Å². The van der Waals surface area contributed by atoms with Crippen LogP contribution in [-0.4, -0.2) is 42.3 Å². The Bertz CT molecular complexity index is 383. The summed E-state index contributed by atoms with van der Waals surface area (Å²) < 4.78 is 0. The highest BCUT2D eigenvalue weighted by Crippen LogP contribution is 2.42. The van der Waals surface area contributed by atoms with Gasteiger partial charge in [-0.15, -0.1) is 11.3 Å². The van der Waals surface area contributed by atoms with E-state index in [0.717, 1.165) is 38.4 Å². The summed E-state index contributed by atoms with van der Waals surface area (Å²) in [4.78, 5) is 4.00. The Kier molecular flexibility index (Phi) is 5.10. The fourth-order valence-corrected chi connectivity index (χ4v) is 3.99. The Morgan fingerprint density at radius 1 is 1.30 bits per heavy atom. The van der Waals surface area contributed by atoms with Crippen LogP contribution in [0.3, 0.4) is 0 Å². The summed E-state index contributed by atoms with van der Waals surface area (Å²) in [6, 6.07) is 5.03. The van der Waals surface area contributed by atoms with Crippen molar-refractivity contribution in [2.45, 2.75) is 44.2 Å². The van der Waals surface area contributed by atoms with E-state index in [-0.39, 0.29) is 6.10 Å². The zero-order chi connectivity index (χ0) is 13.8. The van der Waals surface area contributed by atoms with Crippen molar-refractivity contribution in [1.29, 1.82) is 0 Å². The summed E-state index contributed by atoms with van der Waals surface area (Å²) >= 11 is 1.88. The van der Waals surface area contributed by atoms with Crippen molar-refractivity contribution < 1.29 is 5.11 Å². The number of nitrogens with one attached hydrogen (secondary N) is 1. The second-order valence-electron chi connectivity index (χ2n) is 6.21. The van der Waals surface area contributed by atoms with E-state index in [2.05, 4.69) is 27.7 Å². The van der Waals surface area contributed by atoms with Crippen LogP contribution in [0.4, 0.5) is 0 Å². The number of aliphatic hydroxyl groups is 1. The van der Waals surface area contributed by atoms with Crippen LogP contribution in [0.5, 0.6) is 0 Å². The number of hydrogen-bond donors (Lipinski definition) is 2. The van der Waals surface area contributed by atoms with Gasteiger partial charge in [0.2, 0.25) is 0 Å². The molecule has 0 spiro atoms. The minimum Gasteiger partial charge on any atom is -0.393 e. The number of rotatable bonds is 7. The minimum atomic E-state index is -0.0533. The van der Waals surface area contributed by atoms with Crippen molar-refractivity contribution in [1.82, 2.24) is 10.2 Å². The number of aliphatic hydroxyl groups excluding tert-OH is 1. The second-order valence-corrected chi connectivity index (χ2v) is 7.19. The number of thiophene rings is 1. The summed E-state index contributed by atoms with van der Waals surface area (Å²) in [5.41, 5.74) is 0. The first kappa shape index (κ1) is 14.5. The van der Waals surface area contributed by atoms with E-state index in [4.69, 9.17) is 0 Å². The van der Waals surface area contributed by atoms with E-state index in [0.29, 0.717) is 6.04 Å². The van der Waals surface area contributed by atoms with Gasteiger partial charge in [0.15, 0.2) is 0 Å². The van der Waals surface area contributed by atoms with Gasteiger partial charge in [0, 0.05) is 24.0 Å². The van der Waals surface area contributed by atoms with Gasteiger partial charge < -0.3 is 15.3 Å². The van der Waals surface area contributed by atoms with E-state index in [1.807, 2.05) is 11.3 Å². The molecule has 2 heterocycles. The molecule has 1 aromatic rings. The maximum atomic E-state index is 9.51. The highest BCUT2D eigenvalue weighted by Gasteiger charge is 2.32. The van der Waals surface area contributed by atoms with Gasteiger partial charge in [-0.1, -0.05) is 6.07 Å². The third-order valence-electron chi connectivity index (χ3n) is 4.52. The first-order valence-electron chi connectivity index (χ1n) is 8.00. The molecule has 3 rings (SSSR count). The lowest BCUT2D eigenvalue weighted by atomic mass is 10.1. The molecule has 112 valence electrons. The third-order valence-corrected chi connectivity index (χ3v) is 5.47. The Morgan fingerprint density at radius 2 is 2.10 bits per heavy atom. The van der Waals surface area contributed by atoms with Crippen LogP contribution in [0.15, 0.2) is 17.5 Å². The summed E-state index contributed by atoms with van der Waals surface area (Å²) in [6.45, 7) is 4.41. The lowest BCUT2D eigenvalue weighted by Crippen LogP contribution is -2.37.